The Labute approximate surface area is 136 Å². The quantitative estimate of drug-likeness (QED) is 0.811. The van der Waals surface area contributed by atoms with Gasteiger partial charge in [0.05, 0.1) is 0 Å². The van der Waals surface area contributed by atoms with E-state index in [4.69, 9.17) is 5.73 Å². The number of carbonyl (C=O) groups excluding carboxylic acids is 2. The van der Waals surface area contributed by atoms with Gasteiger partial charge >= 0.3 is 6.03 Å². The van der Waals surface area contributed by atoms with E-state index in [9.17, 15) is 9.59 Å². The van der Waals surface area contributed by atoms with Crippen LogP contribution in [0.3, 0.4) is 0 Å². The maximum atomic E-state index is 11.4. The molecular weight excluding hydrogens is 356 g/mol. The van der Waals surface area contributed by atoms with Crippen molar-refractivity contribution in [3.8, 4) is 0 Å². The van der Waals surface area contributed by atoms with E-state index in [0.29, 0.717) is 13.0 Å². The number of urea groups is 1. The fraction of sp³-hybridized carbons (Fsp3) is 0.538. The third-order valence-electron chi connectivity index (χ3n) is 3.44. The van der Waals surface area contributed by atoms with Gasteiger partial charge in [-0.1, -0.05) is 0 Å². The van der Waals surface area contributed by atoms with Gasteiger partial charge in [-0.25, -0.2) is 4.79 Å². The number of hydrogen-bond donors (Lipinski definition) is 2. The van der Waals surface area contributed by atoms with E-state index in [2.05, 4.69) is 42.5 Å². The molecule has 0 aromatic carbocycles. The second kappa shape index (κ2) is 7.88. The zero-order chi connectivity index (χ0) is 15.2. The van der Waals surface area contributed by atoms with E-state index in [1.165, 1.54) is 9.35 Å². The Balaban J connectivity index is 1.67. The van der Waals surface area contributed by atoms with E-state index in [1.54, 1.807) is 11.3 Å². The molecule has 0 spiro atoms. The van der Waals surface area contributed by atoms with E-state index < -0.39 is 6.03 Å². The average molecular weight is 375 g/mol. The molecule has 0 aliphatic carbocycles. The first-order valence-corrected chi connectivity index (χ1v) is 8.47. The molecule has 0 atom stereocenters. The van der Waals surface area contributed by atoms with Gasteiger partial charge < -0.3 is 10.6 Å². The fourth-order valence-corrected chi connectivity index (χ4v) is 3.79. The molecule has 1 aromatic rings. The second-order valence-electron chi connectivity index (χ2n) is 4.97. The Hall–Kier alpha value is -0.960. The molecule has 0 saturated carbocycles. The van der Waals surface area contributed by atoms with Gasteiger partial charge in [0.2, 0.25) is 5.91 Å². The smallest absolute Gasteiger partial charge is 0.318 e. The number of hydrogen-bond acceptors (Lipinski definition) is 5. The van der Waals surface area contributed by atoms with Gasteiger partial charge in [0.1, 0.15) is 0 Å². The zero-order valence-electron chi connectivity index (χ0n) is 11.7. The zero-order valence-corrected chi connectivity index (χ0v) is 14.1. The molecule has 0 radical (unpaired) electrons. The van der Waals surface area contributed by atoms with Crippen molar-refractivity contribution in [1.29, 1.82) is 0 Å². The lowest BCUT2D eigenvalue weighted by molar-refractivity contribution is -0.120. The van der Waals surface area contributed by atoms with Gasteiger partial charge in [0.25, 0.3) is 0 Å². The molecule has 1 aromatic heterocycles. The lowest BCUT2D eigenvalue weighted by atomic mass is 10.2. The first-order valence-electron chi connectivity index (χ1n) is 6.80. The Morgan fingerprint density at radius 3 is 2.52 bits per heavy atom. The van der Waals surface area contributed by atoms with Gasteiger partial charge in [-0.2, -0.15) is 0 Å². The number of amides is 3. The van der Waals surface area contributed by atoms with E-state index >= 15 is 0 Å². The number of thiophene rings is 1. The summed E-state index contributed by atoms with van der Waals surface area (Å²) < 4.78 is 1.18. The van der Waals surface area contributed by atoms with Crippen LogP contribution in [0.1, 0.15) is 11.3 Å². The average Bonchev–Trinajstić information content (AvgIpc) is 2.83. The number of nitrogens with two attached hydrogens (primary N) is 1. The van der Waals surface area contributed by atoms with E-state index in [1.807, 2.05) is 0 Å². The van der Waals surface area contributed by atoms with Crippen LogP contribution in [0.4, 0.5) is 4.79 Å². The highest BCUT2D eigenvalue weighted by Crippen LogP contribution is 2.24. The maximum absolute atomic E-state index is 11.4. The fourth-order valence-electron chi connectivity index (χ4n) is 2.27. The molecule has 1 aliphatic rings. The standard InChI is InChI=1S/C13H19BrN4O2S/c14-10-2-8-21-11(10)9-18-6-4-17(5-7-18)3-1-12(19)16-13(15)20/h2,8H,1,3-7,9H2,(H3,15,16,19,20). The van der Waals surface area contributed by atoms with Crippen molar-refractivity contribution in [1.82, 2.24) is 15.1 Å². The maximum Gasteiger partial charge on any atom is 0.318 e. The number of piperazine rings is 1. The lowest BCUT2D eigenvalue weighted by Crippen LogP contribution is -2.47. The molecule has 21 heavy (non-hydrogen) atoms. The number of rotatable bonds is 5. The molecule has 2 heterocycles. The highest BCUT2D eigenvalue weighted by Gasteiger charge is 2.18. The first-order chi connectivity index (χ1) is 10.0. The number of nitrogens with one attached hydrogen (secondary N) is 1. The van der Waals surface area contributed by atoms with Crippen LogP contribution in [-0.2, 0) is 11.3 Å². The molecule has 3 N–H and O–H groups in total. The lowest BCUT2D eigenvalue weighted by Gasteiger charge is -2.34. The van der Waals surface area contributed by atoms with E-state index in [-0.39, 0.29) is 5.91 Å². The summed E-state index contributed by atoms with van der Waals surface area (Å²) in [4.78, 5) is 27.9. The molecule has 1 saturated heterocycles. The summed E-state index contributed by atoms with van der Waals surface area (Å²) in [7, 11) is 0. The molecule has 1 fully saturated rings. The van der Waals surface area contributed by atoms with Crippen LogP contribution in [0.25, 0.3) is 0 Å². The number of primary amides is 1. The Bertz CT molecular complexity index is 500. The van der Waals surface area contributed by atoms with E-state index in [0.717, 1.165) is 32.7 Å². The largest absolute Gasteiger partial charge is 0.351 e. The highest BCUT2D eigenvalue weighted by molar-refractivity contribution is 9.10. The molecule has 2 rings (SSSR count). The second-order valence-corrected chi connectivity index (χ2v) is 6.83. The van der Waals surface area contributed by atoms with Gasteiger partial charge in [0.15, 0.2) is 0 Å². The minimum atomic E-state index is -0.786. The van der Waals surface area contributed by atoms with Crippen molar-refractivity contribution in [3.05, 3.63) is 20.8 Å². The monoisotopic (exact) mass is 374 g/mol. The normalized spacial score (nSPS) is 16.8. The number of halogens is 1. The van der Waals surface area contributed by atoms with Crippen LogP contribution in [-0.4, -0.2) is 54.5 Å². The molecule has 116 valence electrons. The van der Waals surface area contributed by atoms with Crippen molar-refractivity contribution in [3.63, 3.8) is 0 Å². The molecule has 6 nitrogen and oxygen atoms in total. The van der Waals surface area contributed by atoms with Crippen LogP contribution in [0, 0.1) is 0 Å². The van der Waals surface area contributed by atoms with Gasteiger partial charge in [-0.05, 0) is 27.4 Å². The summed E-state index contributed by atoms with van der Waals surface area (Å²) >= 11 is 5.32. The van der Waals surface area contributed by atoms with Crippen molar-refractivity contribution < 1.29 is 9.59 Å². The minimum absolute atomic E-state index is 0.305. The summed E-state index contributed by atoms with van der Waals surface area (Å²) in [6, 6.07) is 1.29. The van der Waals surface area contributed by atoms with Crippen molar-refractivity contribution >= 4 is 39.2 Å². The Morgan fingerprint density at radius 1 is 1.29 bits per heavy atom. The highest BCUT2D eigenvalue weighted by atomic mass is 79.9. The van der Waals surface area contributed by atoms with Crippen LogP contribution < -0.4 is 11.1 Å². The SMILES string of the molecule is NC(=O)NC(=O)CCN1CCN(Cc2sccc2Br)CC1. The third-order valence-corrected chi connectivity index (χ3v) is 5.35. The summed E-state index contributed by atoms with van der Waals surface area (Å²) in [5, 5.41) is 4.18. The minimum Gasteiger partial charge on any atom is -0.351 e. The molecule has 1 aliphatic heterocycles. The topological polar surface area (TPSA) is 78.7 Å². The molecule has 0 unspecified atom stereocenters. The van der Waals surface area contributed by atoms with Crippen molar-refractivity contribution in [2.24, 2.45) is 5.73 Å². The molecule has 0 bridgehead atoms. The Kier molecular flexibility index (Phi) is 6.16. The number of carbonyl (C=O) groups is 2. The van der Waals surface area contributed by atoms with Gasteiger partial charge in [-0.15, -0.1) is 11.3 Å². The summed E-state index contributed by atoms with van der Waals surface area (Å²) in [5.41, 5.74) is 4.90. The third kappa shape index (κ3) is 5.39. The Morgan fingerprint density at radius 2 is 1.95 bits per heavy atom. The van der Waals surface area contributed by atoms with Crippen molar-refractivity contribution in [2.75, 3.05) is 32.7 Å². The predicted molar refractivity (Wildman–Crippen MR) is 86.1 cm³/mol. The molecule has 3 amide bonds. The van der Waals surface area contributed by atoms with Gasteiger partial charge in [0, 0.05) is 55.0 Å². The van der Waals surface area contributed by atoms with Gasteiger partial charge in [-0.3, -0.25) is 15.0 Å². The number of imide groups is 1. The van der Waals surface area contributed by atoms with Crippen LogP contribution in [0.5, 0.6) is 0 Å². The van der Waals surface area contributed by atoms with Crippen LogP contribution in [0.2, 0.25) is 0 Å². The van der Waals surface area contributed by atoms with Crippen molar-refractivity contribution in [2.45, 2.75) is 13.0 Å². The number of nitrogens with zero attached hydrogens (tertiary/aromatic N) is 2. The summed E-state index contributed by atoms with van der Waals surface area (Å²) in [6.07, 6.45) is 0.305. The molecule has 8 heteroatoms. The summed E-state index contributed by atoms with van der Waals surface area (Å²) in [6.45, 7) is 5.48. The molecular formula is C13H19BrN4O2S. The first kappa shape index (κ1) is 16.4. The summed E-state index contributed by atoms with van der Waals surface area (Å²) in [5.74, 6) is -0.313. The van der Waals surface area contributed by atoms with Crippen LogP contribution >= 0.6 is 27.3 Å². The predicted octanol–water partition coefficient (Wildman–Crippen LogP) is 1.21. The van der Waals surface area contributed by atoms with Crippen LogP contribution in [0.15, 0.2) is 15.9 Å².